The van der Waals surface area contributed by atoms with Crippen LogP contribution in [0.25, 0.3) is 0 Å². The number of likely N-dealkylation sites (N-methyl/N-ethyl adjacent to an activating group) is 1. The lowest BCUT2D eigenvalue weighted by molar-refractivity contribution is -0.135. The Bertz CT molecular complexity index is 241. The van der Waals surface area contributed by atoms with Crippen LogP contribution in [0.1, 0.15) is 13.3 Å². The van der Waals surface area contributed by atoms with Crippen LogP contribution in [0.4, 0.5) is 0 Å². The Morgan fingerprint density at radius 1 is 1.50 bits per heavy atom. The molecular formula is C11H20N2O3. The molecule has 0 aromatic heterocycles. The SMILES string of the molecule is CCNC1CCN(CC2COCCO2)C1=O. The Hall–Kier alpha value is -0.650. The molecule has 2 atom stereocenters. The number of carbonyl (C=O) groups excluding carboxylic acids is 1. The van der Waals surface area contributed by atoms with Gasteiger partial charge in [0.15, 0.2) is 0 Å². The van der Waals surface area contributed by atoms with E-state index in [0.717, 1.165) is 19.5 Å². The summed E-state index contributed by atoms with van der Waals surface area (Å²) in [6.45, 7) is 6.28. The Morgan fingerprint density at radius 2 is 2.38 bits per heavy atom. The third-order valence-electron chi connectivity index (χ3n) is 3.06. The van der Waals surface area contributed by atoms with Gasteiger partial charge in [-0.2, -0.15) is 0 Å². The molecule has 2 unspecified atom stereocenters. The molecule has 16 heavy (non-hydrogen) atoms. The summed E-state index contributed by atoms with van der Waals surface area (Å²) in [6.07, 6.45) is 0.957. The van der Waals surface area contributed by atoms with Gasteiger partial charge in [-0.3, -0.25) is 4.79 Å². The summed E-state index contributed by atoms with van der Waals surface area (Å²) in [5, 5.41) is 3.20. The van der Waals surface area contributed by atoms with Crippen LogP contribution in [0, 0.1) is 0 Å². The molecule has 0 aromatic rings. The van der Waals surface area contributed by atoms with E-state index in [-0.39, 0.29) is 18.1 Å². The second kappa shape index (κ2) is 5.61. The molecule has 0 radical (unpaired) electrons. The van der Waals surface area contributed by atoms with Crippen LogP contribution in [0.2, 0.25) is 0 Å². The maximum Gasteiger partial charge on any atom is 0.239 e. The number of amides is 1. The van der Waals surface area contributed by atoms with E-state index < -0.39 is 0 Å². The fourth-order valence-electron chi connectivity index (χ4n) is 2.24. The highest BCUT2D eigenvalue weighted by Crippen LogP contribution is 2.13. The van der Waals surface area contributed by atoms with Crippen molar-refractivity contribution in [1.29, 1.82) is 0 Å². The average molecular weight is 228 g/mol. The van der Waals surface area contributed by atoms with Crippen molar-refractivity contribution in [3.05, 3.63) is 0 Å². The summed E-state index contributed by atoms with van der Waals surface area (Å²) in [7, 11) is 0. The molecule has 2 saturated heterocycles. The lowest BCUT2D eigenvalue weighted by Gasteiger charge is -2.27. The fourth-order valence-corrected chi connectivity index (χ4v) is 2.24. The van der Waals surface area contributed by atoms with Gasteiger partial charge in [0.25, 0.3) is 0 Å². The first-order valence-electron chi connectivity index (χ1n) is 6.02. The third-order valence-corrected chi connectivity index (χ3v) is 3.06. The minimum atomic E-state index is 0.00880. The summed E-state index contributed by atoms with van der Waals surface area (Å²) in [4.78, 5) is 13.8. The molecule has 1 amide bonds. The lowest BCUT2D eigenvalue weighted by Crippen LogP contribution is -2.44. The first kappa shape index (κ1) is 11.8. The Labute approximate surface area is 96.1 Å². The molecule has 0 saturated carbocycles. The van der Waals surface area contributed by atoms with Gasteiger partial charge >= 0.3 is 0 Å². The summed E-state index contributed by atoms with van der Waals surface area (Å²) < 4.78 is 10.9. The molecular weight excluding hydrogens is 208 g/mol. The predicted molar refractivity (Wildman–Crippen MR) is 59.2 cm³/mol. The molecule has 2 fully saturated rings. The highest BCUT2D eigenvalue weighted by atomic mass is 16.6. The monoisotopic (exact) mass is 228 g/mol. The van der Waals surface area contributed by atoms with E-state index in [0.29, 0.717) is 26.4 Å². The van der Waals surface area contributed by atoms with Gasteiger partial charge in [-0.25, -0.2) is 0 Å². The molecule has 5 nitrogen and oxygen atoms in total. The Balaban J connectivity index is 1.79. The number of nitrogens with one attached hydrogen (secondary N) is 1. The molecule has 1 N–H and O–H groups in total. The van der Waals surface area contributed by atoms with Crippen molar-refractivity contribution < 1.29 is 14.3 Å². The molecule has 2 aliphatic rings. The number of likely N-dealkylation sites (tertiary alicyclic amines) is 1. The van der Waals surface area contributed by atoms with E-state index in [9.17, 15) is 4.79 Å². The number of hydrogen-bond acceptors (Lipinski definition) is 4. The van der Waals surface area contributed by atoms with Crippen LogP contribution < -0.4 is 5.32 Å². The van der Waals surface area contributed by atoms with Crippen molar-refractivity contribution in [2.45, 2.75) is 25.5 Å². The van der Waals surface area contributed by atoms with Gasteiger partial charge in [0.1, 0.15) is 0 Å². The van der Waals surface area contributed by atoms with Crippen molar-refractivity contribution in [3.8, 4) is 0 Å². The van der Waals surface area contributed by atoms with Crippen LogP contribution in [0.5, 0.6) is 0 Å². The van der Waals surface area contributed by atoms with E-state index in [1.54, 1.807) is 0 Å². The minimum absolute atomic E-state index is 0.00880. The molecule has 0 aliphatic carbocycles. The first-order chi connectivity index (χ1) is 7.81. The average Bonchev–Trinajstić information content (AvgIpc) is 2.64. The third kappa shape index (κ3) is 2.72. The van der Waals surface area contributed by atoms with Gasteiger partial charge < -0.3 is 19.7 Å². The van der Waals surface area contributed by atoms with Crippen LogP contribution in [-0.4, -0.2) is 62.4 Å². The van der Waals surface area contributed by atoms with E-state index in [2.05, 4.69) is 5.32 Å². The highest BCUT2D eigenvalue weighted by molar-refractivity contribution is 5.84. The maximum atomic E-state index is 11.9. The van der Waals surface area contributed by atoms with Crippen LogP contribution >= 0.6 is 0 Å². The van der Waals surface area contributed by atoms with Gasteiger partial charge in [0.2, 0.25) is 5.91 Å². The number of ether oxygens (including phenoxy) is 2. The molecule has 5 heteroatoms. The molecule has 0 spiro atoms. The molecule has 2 heterocycles. The van der Waals surface area contributed by atoms with Gasteiger partial charge in [-0.05, 0) is 13.0 Å². The molecule has 92 valence electrons. The zero-order valence-electron chi connectivity index (χ0n) is 9.78. The predicted octanol–water partition coefficient (Wildman–Crippen LogP) is -0.388. The number of hydrogen-bond donors (Lipinski definition) is 1. The first-order valence-corrected chi connectivity index (χ1v) is 6.02. The molecule has 2 aliphatic heterocycles. The van der Waals surface area contributed by atoms with Crippen molar-refractivity contribution >= 4 is 5.91 Å². The van der Waals surface area contributed by atoms with Gasteiger partial charge in [-0.15, -0.1) is 0 Å². The van der Waals surface area contributed by atoms with Gasteiger partial charge in [0.05, 0.1) is 32.0 Å². The second-order valence-corrected chi connectivity index (χ2v) is 4.25. The number of nitrogens with zero attached hydrogens (tertiary/aromatic N) is 1. The standard InChI is InChI=1S/C11H20N2O3/c1-2-12-10-3-4-13(11(10)14)7-9-8-15-5-6-16-9/h9-10,12H,2-8H2,1H3. The zero-order valence-corrected chi connectivity index (χ0v) is 9.78. The van der Waals surface area contributed by atoms with Crippen LogP contribution in [0.3, 0.4) is 0 Å². The van der Waals surface area contributed by atoms with Crippen LogP contribution in [-0.2, 0) is 14.3 Å². The highest BCUT2D eigenvalue weighted by Gasteiger charge is 2.32. The lowest BCUT2D eigenvalue weighted by atomic mass is 10.2. The quantitative estimate of drug-likeness (QED) is 0.712. The van der Waals surface area contributed by atoms with E-state index in [4.69, 9.17) is 9.47 Å². The Morgan fingerprint density at radius 3 is 3.06 bits per heavy atom. The molecule has 0 bridgehead atoms. The summed E-state index contributed by atoms with van der Waals surface area (Å²) in [5.41, 5.74) is 0. The van der Waals surface area contributed by atoms with Gasteiger partial charge in [-0.1, -0.05) is 6.92 Å². The minimum Gasteiger partial charge on any atom is -0.376 e. The normalized spacial score (nSPS) is 31.1. The van der Waals surface area contributed by atoms with Crippen molar-refractivity contribution in [1.82, 2.24) is 10.2 Å². The van der Waals surface area contributed by atoms with Crippen molar-refractivity contribution in [2.75, 3.05) is 39.5 Å². The molecule has 0 aromatic carbocycles. The topological polar surface area (TPSA) is 50.8 Å². The van der Waals surface area contributed by atoms with E-state index in [1.807, 2.05) is 11.8 Å². The second-order valence-electron chi connectivity index (χ2n) is 4.25. The van der Waals surface area contributed by atoms with Crippen molar-refractivity contribution in [3.63, 3.8) is 0 Å². The zero-order chi connectivity index (χ0) is 11.4. The number of rotatable bonds is 4. The molecule has 2 rings (SSSR count). The van der Waals surface area contributed by atoms with E-state index >= 15 is 0 Å². The Kier molecular flexibility index (Phi) is 4.15. The van der Waals surface area contributed by atoms with E-state index in [1.165, 1.54) is 0 Å². The summed E-state index contributed by atoms with van der Waals surface area (Å²) >= 11 is 0. The maximum absolute atomic E-state index is 11.9. The summed E-state index contributed by atoms with van der Waals surface area (Å²) in [6, 6.07) is 0.00880. The van der Waals surface area contributed by atoms with Crippen molar-refractivity contribution in [2.24, 2.45) is 0 Å². The van der Waals surface area contributed by atoms with Crippen LogP contribution in [0.15, 0.2) is 0 Å². The smallest absolute Gasteiger partial charge is 0.239 e. The largest absolute Gasteiger partial charge is 0.376 e. The summed E-state index contributed by atoms with van der Waals surface area (Å²) in [5.74, 6) is 0.205. The van der Waals surface area contributed by atoms with Gasteiger partial charge in [0, 0.05) is 13.1 Å². The fraction of sp³-hybridized carbons (Fsp3) is 0.909. The number of carbonyl (C=O) groups is 1.